The lowest BCUT2D eigenvalue weighted by Crippen LogP contribution is -2.39. The van der Waals surface area contributed by atoms with Crippen LogP contribution in [0.25, 0.3) is 0 Å². The molecular formula is C14H18FNO. The second-order valence-electron chi connectivity index (χ2n) is 4.92. The quantitative estimate of drug-likeness (QED) is 0.851. The van der Waals surface area contributed by atoms with Gasteiger partial charge in [0.2, 0.25) is 0 Å². The zero-order chi connectivity index (χ0) is 11.7. The van der Waals surface area contributed by atoms with Crippen molar-refractivity contribution in [3.63, 3.8) is 0 Å². The van der Waals surface area contributed by atoms with Crippen molar-refractivity contribution in [3.05, 3.63) is 35.4 Å². The van der Waals surface area contributed by atoms with Crippen molar-refractivity contribution in [2.45, 2.75) is 31.0 Å². The van der Waals surface area contributed by atoms with Crippen molar-refractivity contribution in [1.29, 1.82) is 0 Å². The smallest absolute Gasteiger partial charge is 0.0967 e. The van der Waals surface area contributed by atoms with Gasteiger partial charge in [-0.3, -0.25) is 4.39 Å². The summed E-state index contributed by atoms with van der Waals surface area (Å²) < 4.78 is 18.8. The van der Waals surface area contributed by atoms with Crippen LogP contribution in [0, 0.1) is 0 Å². The van der Waals surface area contributed by atoms with Gasteiger partial charge in [-0.15, -0.1) is 0 Å². The molecule has 0 bridgehead atoms. The first-order valence-corrected chi connectivity index (χ1v) is 6.40. The molecule has 92 valence electrons. The number of halogens is 1. The van der Waals surface area contributed by atoms with Crippen LogP contribution in [0.4, 0.5) is 4.39 Å². The van der Waals surface area contributed by atoms with E-state index in [1.165, 1.54) is 11.1 Å². The Morgan fingerprint density at radius 1 is 1.29 bits per heavy atom. The van der Waals surface area contributed by atoms with Crippen LogP contribution in [-0.2, 0) is 10.3 Å². The minimum atomic E-state index is -0.312. The average molecular weight is 235 g/mol. The van der Waals surface area contributed by atoms with E-state index >= 15 is 0 Å². The molecule has 2 aliphatic rings. The highest BCUT2D eigenvalue weighted by Gasteiger charge is 2.44. The van der Waals surface area contributed by atoms with E-state index in [-0.39, 0.29) is 18.4 Å². The molecule has 1 unspecified atom stereocenters. The van der Waals surface area contributed by atoms with Crippen LogP contribution in [0.5, 0.6) is 0 Å². The summed E-state index contributed by atoms with van der Waals surface area (Å²) in [6.45, 7) is 1.65. The van der Waals surface area contributed by atoms with Gasteiger partial charge in [-0.2, -0.15) is 0 Å². The molecule has 1 atom stereocenters. The van der Waals surface area contributed by atoms with Gasteiger partial charge in [0.1, 0.15) is 0 Å². The second-order valence-corrected chi connectivity index (χ2v) is 4.92. The molecule has 2 aliphatic heterocycles. The van der Waals surface area contributed by atoms with Crippen LogP contribution in [0.1, 0.15) is 36.5 Å². The molecular weight excluding hydrogens is 217 g/mol. The van der Waals surface area contributed by atoms with Gasteiger partial charge >= 0.3 is 0 Å². The molecule has 1 saturated heterocycles. The summed E-state index contributed by atoms with van der Waals surface area (Å²) in [4.78, 5) is 0. The number of benzene rings is 1. The highest BCUT2D eigenvalue weighted by atomic mass is 19.1. The summed E-state index contributed by atoms with van der Waals surface area (Å²) in [5.41, 5.74) is 2.34. The van der Waals surface area contributed by atoms with Crippen molar-refractivity contribution in [1.82, 2.24) is 5.32 Å². The Bertz CT molecular complexity index is 401. The molecule has 1 spiro atoms. The molecule has 0 radical (unpaired) electrons. The molecule has 1 fully saturated rings. The normalized spacial score (nSPS) is 26.1. The number of rotatable bonds is 2. The summed E-state index contributed by atoms with van der Waals surface area (Å²) in [6.07, 6.45) is 2.42. The molecule has 2 heterocycles. The van der Waals surface area contributed by atoms with Crippen LogP contribution < -0.4 is 5.32 Å². The minimum Gasteiger partial charge on any atom is -0.362 e. The third-order valence-corrected chi connectivity index (χ3v) is 3.95. The Hall–Kier alpha value is -0.930. The van der Waals surface area contributed by atoms with Crippen molar-refractivity contribution in [3.8, 4) is 0 Å². The van der Waals surface area contributed by atoms with Gasteiger partial charge in [0.05, 0.1) is 18.4 Å². The first-order valence-electron chi connectivity index (χ1n) is 6.40. The van der Waals surface area contributed by atoms with Gasteiger partial charge < -0.3 is 10.1 Å². The number of fused-ring (bicyclic) bond motifs is 2. The molecule has 0 aromatic heterocycles. The number of alkyl halides is 1. The topological polar surface area (TPSA) is 21.3 Å². The Balaban J connectivity index is 1.98. The maximum absolute atomic E-state index is 12.6. The first-order chi connectivity index (χ1) is 8.36. The molecule has 17 heavy (non-hydrogen) atoms. The van der Waals surface area contributed by atoms with E-state index in [2.05, 4.69) is 23.5 Å². The SMILES string of the molecule is FCCC1OC2(CCNCC2)c2ccccc21. The molecule has 2 nitrogen and oxygen atoms in total. The fraction of sp³-hybridized carbons (Fsp3) is 0.571. The second kappa shape index (κ2) is 4.39. The number of hydrogen-bond donors (Lipinski definition) is 1. The molecule has 0 aliphatic carbocycles. The number of hydrogen-bond acceptors (Lipinski definition) is 2. The summed E-state index contributed by atoms with van der Waals surface area (Å²) in [6, 6.07) is 8.32. The summed E-state index contributed by atoms with van der Waals surface area (Å²) in [5, 5.41) is 3.36. The minimum absolute atomic E-state index is 0.0469. The fourth-order valence-electron chi connectivity index (χ4n) is 3.12. The molecule has 3 rings (SSSR count). The molecule has 3 heteroatoms. The van der Waals surface area contributed by atoms with E-state index < -0.39 is 0 Å². The molecule has 1 aromatic carbocycles. The molecule has 0 saturated carbocycles. The Kier molecular flexibility index (Phi) is 2.89. The predicted molar refractivity (Wildman–Crippen MR) is 64.6 cm³/mol. The van der Waals surface area contributed by atoms with Crippen molar-refractivity contribution >= 4 is 0 Å². The standard InChI is InChI=1S/C14H18FNO/c15-8-5-13-11-3-1-2-4-12(11)14(17-13)6-9-16-10-7-14/h1-4,13,16H,5-10H2. The Morgan fingerprint density at radius 2 is 2.06 bits per heavy atom. The Morgan fingerprint density at radius 3 is 2.82 bits per heavy atom. The zero-order valence-electron chi connectivity index (χ0n) is 9.92. The van der Waals surface area contributed by atoms with Crippen molar-refractivity contribution in [2.24, 2.45) is 0 Å². The zero-order valence-corrected chi connectivity index (χ0v) is 9.92. The van der Waals surface area contributed by atoms with Gasteiger partial charge in [0.15, 0.2) is 0 Å². The van der Waals surface area contributed by atoms with Gasteiger partial charge in [-0.25, -0.2) is 0 Å². The lowest BCUT2D eigenvalue weighted by molar-refractivity contribution is -0.0978. The predicted octanol–water partition coefficient (Wildman–Crippen LogP) is 2.70. The highest BCUT2D eigenvalue weighted by Crippen LogP contribution is 2.49. The van der Waals surface area contributed by atoms with E-state index in [4.69, 9.17) is 4.74 Å². The first kappa shape index (κ1) is 11.2. The number of ether oxygens (including phenoxy) is 1. The fourth-order valence-corrected chi connectivity index (χ4v) is 3.12. The van der Waals surface area contributed by atoms with Crippen LogP contribution >= 0.6 is 0 Å². The average Bonchev–Trinajstić information content (AvgIpc) is 2.66. The monoisotopic (exact) mass is 235 g/mol. The third kappa shape index (κ3) is 1.78. The van der Waals surface area contributed by atoms with Gasteiger partial charge in [0, 0.05) is 6.42 Å². The lowest BCUT2D eigenvalue weighted by Gasteiger charge is -2.34. The van der Waals surface area contributed by atoms with E-state index in [1.807, 2.05) is 6.07 Å². The largest absolute Gasteiger partial charge is 0.362 e. The summed E-state index contributed by atoms with van der Waals surface area (Å²) >= 11 is 0. The maximum atomic E-state index is 12.6. The maximum Gasteiger partial charge on any atom is 0.0967 e. The van der Waals surface area contributed by atoms with Gasteiger partial charge in [-0.1, -0.05) is 24.3 Å². The summed E-state index contributed by atoms with van der Waals surface area (Å²) in [7, 11) is 0. The number of piperidine rings is 1. The van der Waals surface area contributed by atoms with Gasteiger partial charge in [0.25, 0.3) is 0 Å². The summed E-state index contributed by atoms with van der Waals surface area (Å²) in [5.74, 6) is 0. The van der Waals surface area contributed by atoms with Crippen molar-refractivity contribution < 1.29 is 9.13 Å². The Labute approximate surface area is 101 Å². The molecule has 1 aromatic rings. The number of nitrogens with one attached hydrogen (secondary N) is 1. The van der Waals surface area contributed by atoms with E-state index in [0.29, 0.717) is 6.42 Å². The third-order valence-electron chi connectivity index (χ3n) is 3.95. The van der Waals surface area contributed by atoms with E-state index in [0.717, 1.165) is 25.9 Å². The van der Waals surface area contributed by atoms with E-state index in [1.54, 1.807) is 0 Å². The molecule has 0 amide bonds. The van der Waals surface area contributed by atoms with Crippen molar-refractivity contribution in [2.75, 3.05) is 19.8 Å². The van der Waals surface area contributed by atoms with Gasteiger partial charge in [-0.05, 0) is 37.1 Å². The van der Waals surface area contributed by atoms with Crippen LogP contribution in [0.3, 0.4) is 0 Å². The highest BCUT2D eigenvalue weighted by molar-refractivity contribution is 5.38. The van der Waals surface area contributed by atoms with Crippen LogP contribution in [0.15, 0.2) is 24.3 Å². The van der Waals surface area contributed by atoms with Crippen LogP contribution in [0.2, 0.25) is 0 Å². The van der Waals surface area contributed by atoms with E-state index in [9.17, 15) is 4.39 Å². The van der Waals surface area contributed by atoms with Crippen LogP contribution in [-0.4, -0.2) is 19.8 Å². The lowest BCUT2D eigenvalue weighted by atomic mass is 9.84. The molecule has 1 N–H and O–H groups in total.